The van der Waals surface area contributed by atoms with Crippen LogP contribution in [0.25, 0.3) is 0 Å². The molecule has 0 spiro atoms. The first-order chi connectivity index (χ1) is 14.7. The maximum Gasteiger partial charge on any atom is 0.263 e. The fraction of sp³-hybridized carbons (Fsp3) is 0.435. The monoisotopic (exact) mass is 446 g/mol. The van der Waals surface area contributed by atoms with Crippen LogP contribution in [0.1, 0.15) is 37.8 Å². The Morgan fingerprint density at radius 3 is 2.32 bits per heavy atom. The quantitative estimate of drug-likeness (QED) is 0.703. The van der Waals surface area contributed by atoms with Gasteiger partial charge in [0, 0.05) is 13.1 Å². The van der Waals surface area contributed by atoms with Gasteiger partial charge in [-0.25, -0.2) is 8.42 Å². The third kappa shape index (κ3) is 5.57. The predicted molar refractivity (Wildman–Crippen MR) is 120 cm³/mol. The number of para-hydroxylation sites is 1. The fourth-order valence-corrected chi connectivity index (χ4v) is 4.66. The maximum absolute atomic E-state index is 13.0. The molecule has 1 N–H and O–H groups in total. The number of rotatable bonds is 7. The first kappa shape index (κ1) is 23.1. The summed E-state index contributed by atoms with van der Waals surface area (Å²) >= 11 is 0. The van der Waals surface area contributed by atoms with Gasteiger partial charge in [-0.15, -0.1) is 0 Å². The Kier molecular flexibility index (Phi) is 7.23. The smallest absolute Gasteiger partial charge is 0.263 e. The van der Waals surface area contributed by atoms with Crippen molar-refractivity contribution in [2.24, 2.45) is 0 Å². The maximum atomic E-state index is 13.0. The highest BCUT2D eigenvalue weighted by atomic mass is 32.2. The predicted octanol–water partition coefficient (Wildman–Crippen LogP) is 3.55. The second kappa shape index (κ2) is 9.70. The zero-order valence-corrected chi connectivity index (χ0v) is 19.2. The minimum absolute atomic E-state index is 0.109. The number of amides is 1. The Morgan fingerprint density at radius 2 is 1.71 bits per heavy atom. The molecule has 0 radical (unpaired) electrons. The van der Waals surface area contributed by atoms with Crippen LogP contribution in [0.5, 0.6) is 5.75 Å². The molecule has 2 aromatic carbocycles. The van der Waals surface area contributed by atoms with Crippen LogP contribution in [0.2, 0.25) is 0 Å². The lowest BCUT2D eigenvalue weighted by atomic mass is 9.99. The molecule has 8 heteroatoms. The summed E-state index contributed by atoms with van der Waals surface area (Å²) in [6, 6.07) is 11.8. The molecule has 168 valence electrons. The van der Waals surface area contributed by atoms with Crippen molar-refractivity contribution in [1.29, 1.82) is 0 Å². The number of nitrogens with one attached hydrogen (secondary N) is 1. The molecule has 1 aliphatic heterocycles. The molecule has 1 atom stereocenters. The van der Waals surface area contributed by atoms with Gasteiger partial charge < -0.3 is 14.4 Å². The lowest BCUT2D eigenvalue weighted by Crippen LogP contribution is -2.46. The van der Waals surface area contributed by atoms with Crippen LogP contribution < -0.4 is 9.46 Å². The molecule has 3 rings (SSSR count). The number of anilines is 1. The molecular weight excluding hydrogens is 416 g/mol. The summed E-state index contributed by atoms with van der Waals surface area (Å²) in [6.45, 7) is 9.77. The highest BCUT2D eigenvalue weighted by molar-refractivity contribution is 7.92. The zero-order chi connectivity index (χ0) is 22.6. The zero-order valence-electron chi connectivity index (χ0n) is 18.4. The number of carbonyl (C=O) groups is 1. The van der Waals surface area contributed by atoms with Crippen molar-refractivity contribution in [3.05, 3.63) is 53.6 Å². The highest BCUT2D eigenvalue weighted by Gasteiger charge is 2.24. The number of nitrogens with zero attached hydrogens (tertiary/aromatic N) is 1. The van der Waals surface area contributed by atoms with E-state index in [1.54, 1.807) is 24.0 Å². The molecule has 0 aromatic heterocycles. The van der Waals surface area contributed by atoms with Crippen molar-refractivity contribution < 1.29 is 22.7 Å². The number of benzene rings is 2. The summed E-state index contributed by atoms with van der Waals surface area (Å²) < 4.78 is 39.6. The minimum atomic E-state index is -3.77. The second-order valence-electron chi connectivity index (χ2n) is 7.97. The largest absolute Gasteiger partial charge is 0.481 e. The Labute approximate surface area is 184 Å². The summed E-state index contributed by atoms with van der Waals surface area (Å²) in [6.07, 6.45) is -0.667. The van der Waals surface area contributed by atoms with Crippen LogP contribution >= 0.6 is 0 Å². The molecule has 2 aromatic rings. The van der Waals surface area contributed by atoms with Crippen molar-refractivity contribution in [3.63, 3.8) is 0 Å². The Bertz CT molecular complexity index is 1010. The second-order valence-corrected chi connectivity index (χ2v) is 9.65. The molecular formula is C23H30N2O5S. The Balaban J connectivity index is 1.71. The third-order valence-electron chi connectivity index (χ3n) is 5.28. The summed E-state index contributed by atoms with van der Waals surface area (Å²) in [5.41, 5.74) is 2.42. The number of hydrogen-bond acceptors (Lipinski definition) is 5. The van der Waals surface area contributed by atoms with Gasteiger partial charge in [0.2, 0.25) is 0 Å². The number of morpholine rings is 1. The summed E-state index contributed by atoms with van der Waals surface area (Å²) in [4.78, 5) is 14.3. The van der Waals surface area contributed by atoms with Crippen molar-refractivity contribution >= 4 is 21.6 Å². The third-order valence-corrected chi connectivity index (χ3v) is 6.65. The van der Waals surface area contributed by atoms with Crippen LogP contribution in [0.3, 0.4) is 0 Å². The van der Waals surface area contributed by atoms with E-state index in [4.69, 9.17) is 9.47 Å². The van der Waals surface area contributed by atoms with E-state index in [9.17, 15) is 13.2 Å². The van der Waals surface area contributed by atoms with E-state index in [1.807, 2.05) is 39.0 Å². The number of ether oxygens (including phenoxy) is 2. The molecule has 0 saturated carbocycles. The van der Waals surface area contributed by atoms with Crippen molar-refractivity contribution in [1.82, 2.24) is 4.90 Å². The van der Waals surface area contributed by atoms with Gasteiger partial charge in [-0.3, -0.25) is 9.52 Å². The van der Waals surface area contributed by atoms with Gasteiger partial charge in [0.05, 0.1) is 23.8 Å². The first-order valence-electron chi connectivity index (χ1n) is 10.4. The standard InChI is InChI=1S/C23H30N2O5S/c1-16(2)21-7-5-6-17(3)22(21)24-31(27,28)20-10-8-19(9-11-20)30-18(4)23(26)25-12-14-29-15-13-25/h5-11,16,18,24H,12-15H2,1-4H3/t18-/m1/s1. The number of carbonyl (C=O) groups excluding carboxylic acids is 1. The van der Waals surface area contributed by atoms with E-state index >= 15 is 0 Å². The number of aryl methyl sites for hydroxylation is 1. The van der Waals surface area contributed by atoms with Gasteiger partial charge in [-0.1, -0.05) is 32.0 Å². The van der Waals surface area contributed by atoms with E-state index in [0.29, 0.717) is 37.7 Å². The van der Waals surface area contributed by atoms with Gasteiger partial charge in [0.15, 0.2) is 6.10 Å². The van der Waals surface area contributed by atoms with Crippen LogP contribution in [0.15, 0.2) is 47.4 Å². The van der Waals surface area contributed by atoms with Crippen molar-refractivity contribution in [2.75, 3.05) is 31.0 Å². The molecule has 0 aliphatic carbocycles. The molecule has 7 nitrogen and oxygen atoms in total. The molecule has 1 saturated heterocycles. The number of hydrogen-bond donors (Lipinski definition) is 1. The van der Waals surface area contributed by atoms with E-state index < -0.39 is 16.1 Å². The van der Waals surface area contributed by atoms with Crippen LogP contribution in [0.4, 0.5) is 5.69 Å². The van der Waals surface area contributed by atoms with Crippen LogP contribution in [-0.2, 0) is 19.6 Å². The topological polar surface area (TPSA) is 84.9 Å². The molecule has 1 heterocycles. The van der Waals surface area contributed by atoms with Gasteiger partial charge in [0.25, 0.3) is 15.9 Å². The van der Waals surface area contributed by atoms with Gasteiger partial charge in [0.1, 0.15) is 5.75 Å². The van der Waals surface area contributed by atoms with E-state index in [0.717, 1.165) is 11.1 Å². The average molecular weight is 447 g/mol. The summed E-state index contributed by atoms with van der Waals surface area (Å²) in [7, 11) is -3.77. The SMILES string of the molecule is Cc1cccc(C(C)C)c1NS(=O)(=O)c1ccc(O[C@H](C)C(=O)N2CCOCC2)cc1. The molecule has 0 bridgehead atoms. The van der Waals surface area contributed by atoms with Gasteiger partial charge >= 0.3 is 0 Å². The molecule has 31 heavy (non-hydrogen) atoms. The summed E-state index contributed by atoms with van der Waals surface area (Å²) in [5.74, 6) is 0.508. The molecule has 1 fully saturated rings. The first-order valence-corrected chi connectivity index (χ1v) is 11.9. The lowest BCUT2D eigenvalue weighted by Gasteiger charge is -2.29. The molecule has 0 unspecified atom stereocenters. The van der Waals surface area contributed by atoms with Crippen molar-refractivity contribution in [3.8, 4) is 5.75 Å². The molecule has 1 amide bonds. The van der Waals surface area contributed by atoms with E-state index in [1.165, 1.54) is 12.1 Å². The summed E-state index contributed by atoms with van der Waals surface area (Å²) in [5, 5.41) is 0. The van der Waals surface area contributed by atoms with E-state index in [-0.39, 0.29) is 16.7 Å². The highest BCUT2D eigenvalue weighted by Crippen LogP contribution is 2.30. The van der Waals surface area contributed by atoms with Crippen LogP contribution in [-0.4, -0.2) is 51.6 Å². The Hall–Kier alpha value is -2.58. The lowest BCUT2D eigenvalue weighted by molar-refractivity contribution is -0.142. The van der Waals surface area contributed by atoms with Gasteiger partial charge in [-0.2, -0.15) is 0 Å². The molecule has 1 aliphatic rings. The van der Waals surface area contributed by atoms with Gasteiger partial charge in [-0.05, 0) is 55.2 Å². The Morgan fingerprint density at radius 1 is 1.06 bits per heavy atom. The van der Waals surface area contributed by atoms with E-state index in [2.05, 4.69) is 4.72 Å². The number of sulfonamides is 1. The normalized spacial score (nSPS) is 15.6. The average Bonchev–Trinajstić information content (AvgIpc) is 2.75. The van der Waals surface area contributed by atoms with Crippen LogP contribution in [0, 0.1) is 6.92 Å². The fourth-order valence-electron chi connectivity index (χ4n) is 3.50. The van der Waals surface area contributed by atoms with Crippen molar-refractivity contribution in [2.45, 2.75) is 44.6 Å². The minimum Gasteiger partial charge on any atom is -0.481 e.